The molecule has 0 radical (unpaired) electrons. The third-order valence-corrected chi connectivity index (χ3v) is 7.26. The van der Waals surface area contributed by atoms with E-state index in [0.717, 1.165) is 0 Å². The highest BCUT2D eigenvalue weighted by atomic mass is 32.2. The Morgan fingerprint density at radius 3 is 2.64 bits per heavy atom. The number of non-ortho nitro benzene ring substituents is 1. The molecule has 0 N–H and O–H groups in total. The number of aromatic nitrogens is 3. The molecule has 13 heteroatoms. The van der Waals surface area contributed by atoms with Gasteiger partial charge in [-0.25, -0.2) is 14.3 Å². The summed E-state index contributed by atoms with van der Waals surface area (Å²) in [7, 11) is 1.26. The number of nitro groups is 1. The second-order valence-electron chi connectivity index (χ2n) is 8.00. The first-order chi connectivity index (χ1) is 15.6. The van der Waals surface area contributed by atoms with E-state index < -0.39 is 27.7 Å². The van der Waals surface area contributed by atoms with E-state index in [2.05, 4.69) is 10.3 Å². The Morgan fingerprint density at radius 1 is 1.33 bits per heavy atom. The van der Waals surface area contributed by atoms with Gasteiger partial charge in [-0.1, -0.05) is 5.21 Å². The fourth-order valence-corrected chi connectivity index (χ4v) is 5.81. The summed E-state index contributed by atoms with van der Waals surface area (Å²) in [6, 6.07) is 4.77. The summed E-state index contributed by atoms with van der Waals surface area (Å²) in [5.41, 5.74) is 1.08. The van der Waals surface area contributed by atoms with Gasteiger partial charge in [-0.15, -0.1) is 16.9 Å². The number of carbonyl (C=O) groups is 3. The molecular weight excluding hydrogens is 454 g/mol. The Hall–Kier alpha value is -3.48. The van der Waals surface area contributed by atoms with Gasteiger partial charge in [0.2, 0.25) is 5.91 Å². The number of hydrogen-bond acceptors (Lipinski definition) is 10. The topological polar surface area (TPSA) is 147 Å². The Kier molecular flexibility index (Phi) is 5.82. The number of amides is 1. The molecule has 0 unspecified atom stereocenters. The molecular formula is C20H21N5O7S. The SMILES string of the molecule is COC(=O)c1c(C)nnn1C[C@]1(C)S[C@@H]2CC(=O)N2[C@H]1C(=O)OCc1ccc([N+](=O)[O-])cc1. The van der Waals surface area contributed by atoms with Gasteiger partial charge < -0.3 is 14.4 Å². The number of esters is 2. The minimum absolute atomic E-state index is 0.0663. The standard InChI is InChI=1S/C20H21N5O7S/c1-11-16(18(27)31-3)23(22-21-11)10-20(2)17(24-14(26)8-15(24)33-20)19(28)32-9-12-4-6-13(7-5-12)25(29)30/h4-7,15,17H,8-10H2,1-3H3/t15-,17+,20+/m1/s1. The molecule has 0 aliphatic carbocycles. The van der Waals surface area contributed by atoms with Crippen LogP contribution >= 0.6 is 11.8 Å². The Morgan fingerprint density at radius 2 is 2.03 bits per heavy atom. The minimum atomic E-state index is -0.901. The van der Waals surface area contributed by atoms with Crippen molar-refractivity contribution < 1.29 is 28.8 Å². The van der Waals surface area contributed by atoms with Gasteiger partial charge in [0.25, 0.3) is 5.69 Å². The summed E-state index contributed by atoms with van der Waals surface area (Å²) in [4.78, 5) is 49.4. The van der Waals surface area contributed by atoms with Gasteiger partial charge in [0.15, 0.2) is 5.69 Å². The number of aryl methyl sites for hydroxylation is 1. The molecule has 0 bridgehead atoms. The molecule has 12 nitrogen and oxygen atoms in total. The Bertz CT molecular complexity index is 1130. The zero-order valence-electron chi connectivity index (χ0n) is 18.1. The lowest BCUT2D eigenvalue weighted by Gasteiger charge is -2.37. The van der Waals surface area contributed by atoms with E-state index in [-0.39, 0.29) is 35.8 Å². The predicted octanol–water partition coefficient (Wildman–Crippen LogP) is 1.46. The van der Waals surface area contributed by atoms with Crippen molar-refractivity contribution in [2.24, 2.45) is 0 Å². The van der Waals surface area contributed by atoms with Crippen LogP contribution in [0, 0.1) is 17.0 Å². The van der Waals surface area contributed by atoms with Crippen LogP contribution in [0.15, 0.2) is 24.3 Å². The first kappa shape index (κ1) is 22.7. The van der Waals surface area contributed by atoms with Crippen LogP contribution in [0.1, 0.15) is 35.1 Å². The third kappa shape index (κ3) is 4.03. The quantitative estimate of drug-likeness (QED) is 0.249. The van der Waals surface area contributed by atoms with Gasteiger partial charge in [0, 0.05) is 12.1 Å². The first-order valence-electron chi connectivity index (χ1n) is 10.0. The number of methoxy groups -OCH3 is 1. The maximum atomic E-state index is 13.1. The van der Waals surface area contributed by atoms with Crippen LogP contribution in [-0.2, 0) is 32.2 Å². The second kappa shape index (κ2) is 8.46. The molecule has 174 valence electrons. The molecule has 2 saturated heterocycles. The van der Waals surface area contributed by atoms with Crippen LogP contribution in [0.4, 0.5) is 5.69 Å². The molecule has 2 aromatic rings. The number of nitro benzene ring substituents is 1. The summed E-state index contributed by atoms with van der Waals surface area (Å²) in [5, 5.41) is 18.6. The van der Waals surface area contributed by atoms with E-state index in [1.807, 2.05) is 6.92 Å². The molecule has 3 heterocycles. The summed E-state index contributed by atoms with van der Waals surface area (Å²) in [6.45, 7) is 3.48. The Labute approximate surface area is 192 Å². The highest BCUT2D eigenvalue weighted by molar-refractivity contribution is 8.01. The number of thioether (sulfide) groups is 1. The molecule has 1 aromatic heterocycles. The van der Waals surface area contributed by atoms with E-state index in [4.69, 9.17) is 9.47 Å². The van der Waals surface area contributed by atoms with Gasteiger partial charge in [0.1, 0.15) is 12.6 Å². The van der Waals surface area contributed by atoms with Crippen molar-refractivity contribution >= 4 is 35.3 Å². The zero-order valence-corrected chi connectivity index (χ0v) is 18.9. The van der Waals surface area contributed by atoms with Crippen LogP contribution in [0.2, 0.25) is 0 Å². The molecule has 2 aliphatic rings. The van der Waals surface area contributed by atoms with Gasteiger partial charge >= 0.3 is 11.9 Å². The molecule has 2 fully saturated rings. The number of carbonyl (C=O) groups excluding carboxylic acids is 3. The van der Waals surface area contributed by atoms with Gasteiger partial charge in [-0.3, -0.25) is 14.9 Å². The fourth-order valence-electron chi connectivity index (χ4n) is 4.07. The number of rotatable bonds is 7. The maximum absolute atomic E-state index is 13.1. The van der Waals surface area contributed by atoms with Gasteiger partial charge in [-0.2, -0.15) is 0 Å². The molecule has 2 aliphatic heterocycles. The van der Waals surface area contributed by atoms with E-state index in [1.165, 1.54) is 52.7 Å². The molecule has 1 aromatic carbocycles. The Balaban J connectivity index is 1.54. The normalized spacial score (nSPS) is 23.6. The van der Waals surface area contributed by atoms with Crippen molar-refractivity contribution in [3.63, 3.8) is 0 Å². The van der Waals surface area contributed by atoms with Crippen molar-refractivity contribution in [2.45, 2.75) is 49.6 Å². The lowest BCUT2D eigenvalue weighted by atomic mass is 9.96. The summed E-state index contributed by atoms with van der Waals surface area (Å²) in [5.74, 6) is -1.35. The molecule has 0 spiro atoms. The molecule has 0 saturated carbocycles. The third-order valence-electron chi connectivity index (χ3n) is 5.71. The highest BCUT2D eigenvalue weighted by Crippen LogP contribution is 2.52. The number of fused-ring (bicyclic) bond motifs is 1. The van der Waals surface area contributed by atoms with Crippen molar-refractivity contribution in [1.82, 2.24) is 19.9 Å². The zero-order chi connectivity index (χ0) is 23.9. The van der Waals surface area contributed by atoms with Crippen LogP contribution in [0.5, 0.6) is 0 Å². The van der Waals surface area contributed by atoms with Crippen LogP contribution in [-0.4, -0.2) is 65.9 Å². The fraction of sp³-hybridized carbons (Fsp3) is 0.450. The van der Waals surface area contributed by atoms with E-state index in [9.17, 15) is 24.5 Å². The first-order valence-corrected chi connectivity index (χ1v) is 10.9. The average molecular weight is 475 g/mol. The number of hydrogen-bond donors (Lipinski definition) is 0. The van der Waals surface area contributed by atoms with E-state index in [0.29, 0.717) is 17.7 Å². The molecule has 33 heavy (non-hydrogen) atoms. The molecule has 4 rings (SSSR count). The maximum Gasteiger partial charge on any atom is 0.358 e. The number of nitrogens with zero attached hydrogens (tertiary/aromatic N) is 5. The highest BCUT2D eigenvalue weighted by Gasteiger charge is 2.61. The summed E-state index contributed by atoms with van der Waals surface area (Å²) in [6.07, 6.45) is 0.312. The second-order valence-corrected chi connectivity index (χ2v) is 9.71. The monoisotopic (exact) mass is 475 g/mol. The van der Waals surface area contributed by atoms with Crippen molar-refractivity contribution in [3.05, 3.63) is 51.3 Å². The number of β-lactam (4-membered cyclic amide) rings is 1. The average Bonchev–Trinajstić information content (AvgIpc) is 3.25. The molecule has 3 atom stereocenters. The summed E-state index contributed by atoms with van der Waals surface area (Å²) < 4.78 is 10.9. The minimum Gasteiger partial charge on any atom is -0.464 e. The van der Waals surface area contributed by atoms with E-state index >= 15 is 0 Å². The summed E-state index contributed by atoms with van der Waals surface area (Å²) >= 11 is 1.45. The van der Waals surface area contributed by atoms with Crippen LogP contribution in [0.25, 0.3) is 0 Å². The number of benzene rings is 1. The number of ether oxygens (including phenoxy) is 2. The van der Waals surface area contributed by atoms with Gasteiger partial charge in [0.05, 0.1) is 40.8 Å². The van der Waals surface area contributed by atoms with Crippen LogP contribution in [0.3, 0.4) is 0 Å². The lowest BCUT2D eigenvalue weighted by Crippen LogP contribution is -2.58. The van der Waals surface area contributed by atoms with E-state index in [1.54, 1.807) is 6.92 Å². The van der Waals surface area contributed by atoms with Crippen LogP contribution < -0.4 is 0 Å². The predicted molar refractivity (Wildman–Crippen MR) is 114 cm³/mol. The lowest BCUT2D eigenvalue weighted by molar-refractivity contribution is -0.384. The largest absolute Gasteiger partial charge is 0.464 e. The van der Waals surface area contributed by atoms with Crippen molar-refractivity contribution in [3.8, 4) is 0 Å². The van der Waals surface area contributed by atoms with Crippen molar-refractivity contribution in [2.75, 3.05) is 7.11 Å². The molecule has 1 amide bonds. The van der Waals surface area contributed by atoms with Gasteiger partial charge in [-0.05, 0) is 31.5 Å². The smallest absolute Gasteiger partial charge is 0.358 e. The van der Waals surface area contributed by atoms with Crippen molar-refractivity contribution in [1.29, 1.82) is 0 Å².